The first-order chi connectivity index (χ1) is 8.69. The summed E-state index contributed by atoms with van der Waals surface area (Å²) in [5.74, 6) is 0.923. The zero-order chi connectivity index (χ0) is 13.0. The Morgan fingerprint density at radius 2 is 2.06 bits per heavy atom. The molecule has 1 fully saturated rings. The van der Waals surface area contributed by atoms with Crippen molar-refractivity contribution < 1.29 is 9.47 Å². The molecule has 0 bridgehead atoms. The predicted octanol–water partition coefficient (Wildman–Crippen LogP) is 3.04. The summed E-state index contributed by atoms with van der Waals surface area (Å²) < 4.78 is 11.5. The van der Waals surface area contributed by atoms with Crippen molar-refractivity contribution in [1.82, 2.24) is 0 Å². The van der Waals surface area contributed by atoms with E-state index in [4.69, 9.17) is 15.2 Å². The molecular formula is C15H23NO2. The molecule has 100 valence electrons. The highest BCUT2D eigenvalue weighted by Crippen LogP contribution is 2.26. The molecule has 0 amide bonds. The normalized spacial score (nSPS) is 25.7. The van der Waals surface area contributed by atoms with Crippen LogP contribution in [0, 0.1) is 0 Å². The second-order valence-corrected chi connectivity index (χ2v) is 5.13. The number of hydrogen-bond acceptors (Lipinski definition) is 3. The minimum Gasteiger partial charge on any atom is -0.490 e. The van der Waals surface area contributed by atoms with Crippen molar-refractivity contribution in [2.45, 2.75) is 50.9 Å². The number of ether oxygens (including phenoxy) is 2. The summed E-state index contributed by atoms with van der Waals surface area (Å²) in [6, 6.07) is 8.14. The Bertz CT molecular complexity index is 379. The molecule has 3 nitrogen and oxygen atoms in total. The molecule has 0 aromatic heterocycles. The number of hydrogen-bond donors (Lipinski definition) is 1. The van der Waals surface area contributed by atoms with E-state index in [2.05, 4.69) is 0 Å². The Balaban J connectivity index is 1.98. The van der Waals surface area contributed by atoms with Crippen LogP contribution in [0.5, 0.6) is 5.75 Å². The van der Waals surface area contributed by atoms with Crippen LogP contribution in [-0.4, -0.2) is 19.3 Å². The third-order valence-electron chi connectivity index (χ3n) is 3.60. The van der Waals surface area contributed by atoms with Gasteiger partial charge in [0.2, 0.25) is 0 Å². The predicted molar refractivity (Wildman–Crippen MR) is 72.7 cm³/mol. The minimum atomic E-state index is 0.0478. The summed E-state index contributed by atoms with van der Waals surface area (Å²) in [6.07, 6.45) is 5.04. The lowest BCUT2D eigenvalue weighted by Crippen LogP contribution is -2.29. The van der Waals surface area contributed by atoms with E-state index in [-0.39, 0.29) is 12.1 Å². The van der Waals surface area contributed by atoms with Crippen LogP contribution in [0.15, 0.2) is 24.3 Å². The number of methoxy groups -OCH3 is 1. The third-order valence-corrected chi connectivity index (χ3v) is 3.60. The Kier molecular flexibility index (Phi) is 4.61. The third kappa shape index (κ3) is 3.47. The van der Waals surface area contributed by atoms with Crippen LogP contribution in [0.25, 0.3) is 0 Å². The molecule has 0 radical (unpaired) electrons. The van der Waals surface area contributed by atoms with Crippen LogP contribution >= 0.6 is 0 Å². The summed E-state index contributed by atoms with van der Waals surface area (Å²) >= 11 is 0. The van der Waals surface area contributed by atoms with Crippen molar-refractivity contribution >= 4 is 0 Å². The molecule has 2 rings (SSSR count). The first-order valence-corrected chi connectivity index (χ1v) is 6.74. The maximum Gasteiger partial charge on any atom is 0.120 e. The highest BCUT2D eigenvalue weighted by Gasteiger charge is 2.23. The highest BCUT2D eigenvalue weighted by molar-refractivity contribution is 5.30. The monoisotopic (exact) mass is 249 g/mol. The van der Waals surface area contributed by atoms with Gasteiger partial charge in [0.1, 0.15) is 11.9 Å². The highest BCUT2D eigenvalue weighted by atomic mass is 16.5. The fourth-order valence-electron chi connectivity index (χ4n) is 2.49. The van der Waals surface area contributed by atoms with Crippen LogP contribution in [0.2, 0.25) is 0 Å². The molecule has 2 unspecified atom stereocenters. The summed E-state index contributed by atoms with van der Waals surface area (Å²) in [4.78, 5) is 0. The molecule has 0 spiro atoms. The zero-order valence-corrected chi connectivity index (χ0v) is 11.3. The van der Waals surface area contributed by atoms with E-state index in [0.717, 1.165) is 30.6 Å². The SMILES string of the molecule is COC1CCCC(Oc2cccc([C@@H](C)N)c2)C1. The molecule has 3 atom stereocenters. The Morgan fingerprint density at radius 1 is 1.28 bits per heavy atom. The van der Waals surface area contributed by atoms with Gasteiger partial charge in [0, 0.05) is 19.6 Å². The van der Waals surface area contributed by atoms with E-state index < -0.39 is 0 Å². The van der Waals surface area contributed by atoms with Gasteiger partial charge in [-0.3, -0.25) is 0 Å². The van der Waals surface area contributed by atoms with Crippen molar-refractivity contribution in [3.8, 4) is 5.75 Å². The summed E-state index contributed by atoms with van der Waals surface area (Å²) in [5.41, 5.74) is 7.00. The molecule has 1 aromatic carbocycles. The zero-order valence-electron chi connectivity index (χ0n) is 11.3. The van der Waals surface area contributed by atoms with E-state index in [1.165, 1.54) is 6.42 Å². The minimum absolute atomic E-state index is 0.0478. The molecule has 18 heavy (non-hydrogen) atoms. The Labute approximate surface area is 109 Å². The quantitative estimate of drug-likeness (QED) is 0.892. The smallest absolute Gasteiger partial charge is 0.120 e. The summed E-state index contributed by atoms with van der Waals surface area (Å²) in [6.45, 7) is 1.99. The molecule has 3 heteroatoms. The first-order valence-electron chi connectivity index (χ1n) is 6.74. The van der Waals surface area contributed by atoms with Crippen LogP contribution in [-0.2, 0) is 4.74 Å². The summed E-state index contributed by atoms with van der Waals surface area (Å²) in [7, 11) is 1.78. The maximum absolute atomic E-state index is 6.04. The van der Waals surface area contributed by atoms with E-state index >= 15 is 0 Å². The van der Waals surface area contributed by atoms with Gasteiger partial charge in [0.25, 0.3) is 0 Å². The topological polar surface area (TPSA) is 44.5 Å². The molecule has 0 aliphatic heterocycles. The van der Waals surface area contributed by atoms with Crippen LogP contribution in [0.3, 0.4) is 0 Å². The molecule has 1 saturated carbocycles. The van der Waals surface area contributed by atoms with Crippen LogP contribution in [0.4, 0.5) is 0 Å². The van der Waals surface area contributed by atoms with Gasteiger partial charge in [0.05, 0.1) is 6.10 Å². The van der Waals surface area contributed by atoms with E-state index in [1.807, 2.05) is 31.2 Å². The van der Waals surface area contributed by atoms with E-state index in [0.29, 0.717) is 6.10 Å². The number of rotatable bonds is 4. The standard InChI is InChI=1S/C15H23NO2/c1-11(16)12-5-3-7-14(9-12)18-15-8-4-6-13(10-15)17-2/h3,5,7,9,11,13,15H,4,6,8,10,16H2,1-2H3/t11-,13?,15?/m1/s1. The maximum atomic E-state index is 6.04. The molecule has 1 aliphatic carbocycles. The van der Waals surface area contributed by atoms with Crippen molar-refractivity contribution in [3.63, 3.8) is 0 Å². The van der Waals surface area contributed by atoms with Crippen molar-refractivity contribution in [2.24, 2.45) is 5.73 Å². The van der Waals surface area contributed by atoms with Gasteiger partial charge in [0.15, 0.2) is 0 Å². The second-order valence-electron chi connectivity index (χ2n) is 5.13. The fourth-order valence-corrected chi connectivity index (χ4v) is 2.49. The number of nitrogens with two attached hydrogens (primary N) is 1. The average molecular weight is 249 g/mol. The molecule has 1 aromatic rings. The van der Waals surface area contributed by atoms with E-state index in [1.54, 1.807) is 7.11 Å². The molecule has 2 N–H and O–H groups in total. The fraction of sp³-hybridized carbons (Fsp3) is 0.600. The lowest BCUT2D eigenvalue weighted by Gasteiger charge is -2.28. The van der Waals surface area contributed by atoms with Crippen molar-refractivity contribution in [2.75, 3.05) is 7.11 Å². The largest absolute Gasteiger partial charge is 0.490 e. The van der Waals surface area contributed by atoms with Crippen molar-refractivity contribution in [1.29, 1.82) is 0 Å². The first kappa shape index (κ1) is 13.4. The molecular weight excluding hydrogens is 226 g/mol. The van der Waals surface area contributed by atoms with E-state index in [9.17, 15) is 0 Å². The van der Waals surface area contributed by atoms with Gasteiger partial charge < -0.3 is 15.2 Å². The van der Waals surface area contributed by atoms with Gasteiger partial charge >= 0.3 is 0 Å². The van der Waals surface area contributed by atoms with Gasteiger partial charge in [-0.15, -0.1) is 0 Å². The molecule has 1 aliphatic rings. The summed E-state index contributed by atoms with van der Waals surface area (Å²) in [5, 5.41) is 0. The van der Waals surface area contributed by atoms with Gasteiger partial charge in [-0.25, -0.2) is 0 Å². The van der Waals surface area contributed by atoms with Gasteiger partial charge in [-0.2, -0.15) is 0 Å². The number of benzene rings is 1. The van der Waals surface area contributed by atoms with Crippen LogP contribution in [0.1, 0.15) is 44.2 Å². The Morgan fingerprint density at radius 3 is 2.78 bits per heavy atom. The molecule has 0 saturated heterocycles. The lowest BCUT2D eigenvalue weighted by molar-refractivity contribution is 0.0209. The lowest BCUT2D eigenvalue weighted by atomic mass is 9.95. The van der Waals surface area contributed by atoms with Gasteiger partial charge in [-0.1, -0.05) is 12.1 Å². The van der Waals surface area contributed by atoms with Crippen LogP contribution < -0.4 is 10.5 Å². The molecule has 0 heterocycles. The second kappa shape index (κ2) is 6.21. The average Bonchev–Trinajstić information content (AvgIpc) is 2.39. The Hall–Kier alpha value is -1.06. The van der Waals surface area contributed by atoms with Crippen molar-refractivity contribution in [3.05, 3.63) is 29.8 Å². The van der Waals surface area contributed by atoms with Gasteiger partial charge in [-0.05, 0) is 43.9 Å².